The Labute approximate surface area is 129 Å². The van der Waals surface area contributed by atoms with Gasteiger partial charge in [-0.15, -0.1) is 0 Å². The molecule has 1 saturated heterocycles. The van der Waals surface area contributed by atoms with Gasteiger partial charge in [-0.3, -0.25) is 0 Å². The molecule has 3 heterocycles. The molecule has 1 N–H and O–H groups in total. The highest BCUT2D eigenvalue weighted by atomic mass is 32.2. The van der Waals surface area contributed by atoms with Crippen molar-refractivity contribution in [2.45, 2.75) is 31.8 Å². The Morgan fingerprint density at radius 2 is 2.09 bits per heavy atom. The lowest BCUT2D eigenvalue weighted by Gasteiger charge is -2.36. The molecule has 0 amide bonds. The summed E-state index contributed by atoms with van der Waals surface area (Å²) < 4.78 is 25.9. The van der Waals surface area contributed by atoms with Gasteiger partial charge in [-0.2, -0.15) is 5.10 Å². The molecule has 2 aliphatic heterocycles. The molecule has 1 aromatic carbocycles. The number of nitrogens with one attached hydrogen (secondary N) is 1. The Balaban J connectivity index is 1.96. The van der Waals surface area contributed by atoms with Crippen molar-refractivity contribution in [1.82, 2.24) is 14.8 Å². The third-order valence-electron chi connectivity index (χ3n) is 4.37. The van der Waals surface area contributed by atoms with Gasteiger partial charge in [0.1, 0.15) is 5.66 Å². The lowest BCUT2D eigenvalue weighted by Crippen LogP contribution is -2.46. The van der Waals surface area contributed by atoms with E-state index in [9.17, 15) is 8.42 Å². The SMILES string of the molecule is CC(C)c1nc2n(n1)C1(CCS(=O)(=O)C1)Nc1ccccc1-2. The standard InChI is InChI=1S/C15H18N4O2S/c1-10(2)13-16-14-11-5-3-4-6-12(11)17-15(19(14)18-13)7-8-22(20,21)9-15/h3-6,10,17H,7-9H2,1-2H3. The molecule has 1 aromatic heterocycles. The van der Waals surface area contributed by atoms with Crippen molar-refractivity contribution in [3.63, 3.8) is 0 Å². The van der Waals surface area contributed by atoms with Crippen LogP contribution in [-0.4, -0.2) is 34.7 Å². The van der Waals surface area contributed by atoms with Crippen LogP contribution >= 0.6 is 0 Å². The van der Waals surface area contributed by atoms with Crippen molar-refractivity contribution in [3.05, 3.63) is 30.1 Å². The Bertz CT molecular complexity index is 856. The normalized spacial score (nSPS) is 25.0. The highest BCUT2D eigenvalue weighted by Gasteiger charge is 2.48. The average Bonchev–Trinajstić information content (AvgIpc) is 3.02. The van der Waals surface area contributed by atoms with E-state index in [0.29, 0.717) is 6.42 Å². The second-order valence-corrected chi connectivity index (χ2v) is 8.59. The van der Waals surface area contributed by atoms with Gasteiger partial charge in [-0.1, -0.05) is 26.0 Å². The van der Waals surface area contributed by atoms with Crippen LogP contribution in [0.5, 0.6) is 0 Å². The van der Waals surface area contributed by atoms with Crippen LogP contribution < -0.4 is 5.32 Å². The molecule has 22 heavy (non-hydrogen) atoms. The number of fused-ring (bicyclic) bond motifs is 4. The fourth-order valence-corrected chi connectivity index (χ4v) is 5.09. The number of anilines is 1. The van der Waals surface area contributed by atoms with Gasteiger partial charge in [0.25, 0.3) is 0 Å². The van der Waals surface area contributed by atoms with E-state index < -0.39 is 15.5 Å². The van der Waals surface area contributed by atoms with Gasteiger partial charge in [0, 0.05) is 23.6 Å². The Morgan fingerprint density at radius 1 is 1.32 bits per heavy atom. The smallest absolute Gasteiger partial charge is 0.162 e. The highest BCUT2D eigenvalue weighted by molar-refractivity contribution is 7.91. The lowest BCUT2D eigenvalue weighted by atomic mass is 10.0. The third kappa shape index (κ3) is 1.88. The first-order valence-electron chi connectivity index (χ1n) is 7.46. The molecule has 0 bridgehead atoms. The summed E-state index contributed by atoms with van der Waals surface area (Å²) in [6.45, 7) is 4.08. The molecule has 1 spiro atoms. The quantitative estimate of drug-likeness (QED) is 0.870. The number of sulfone groups is 1. The average molecular weight is 318 g/mol. The van der Waals surface area contributed by atoms with E-state index in [2.05, 4.69) is 15.4 Å². The fraction of sp³-hybridized carbons (Fsp3) is 0.467. The largest absolute Gasteiger partial charge is 0.360 e. The Kier molecular flexibility index (Phi) is 2.70. The summed E-state index contributed by atoms with van der Waals surface area (Å²) in [5, 5.41) is 8.05. The first-order chi connectivity index (χ1) is 10.4. The van der Waals surface area contributed by atoms with Crippen LogP contribution in [0.2, 0.25) is 0 Å². The zero-order chi connectivity index (χ0) is 15.5. The van der Waals surface area contributed by atoms with Gasteiger partial charge in [-0.05, 0) is 12.1 Å². The maximum Gasteiger partial charge on any atom is 0.162 e. The summed E-state index contributed by atoms with van der Waals surface area (Å²) in [6, 6.07) is 7.86. The Morgan fingerprint density at radius 3 is 2.77 bits per heavy atom. The van der Waals surface area contributed by atoms with Gasteiger partial charge in [0.05, 0.1) is 11.5 Å². The van der Waals surface area contributed by atoms with Crippen LogP contribution in [0.3, 0.4) is 0 Å². The minimum Gasteiger partial charge on any atom is -0.360 e. The summed E-state index contributed by atoms with van der Waals surface area (Å²) in [7, 11) is -3.06. The second kappa shape index (κ2) is 4.32. The van der Waals surface area contributed by atoms with Crippen LogP contribution in [-0.2, 0) is 15.5 Å². The van der Waals surface area contributed by atoms with Crippen molar-refractivity contribution in [2.24, 2.45) is 0 Å². The minimum absolute atomic E-state index is 0.0578. The molecular formula is C15H18N4O2S. The molecule has 0 radical (unpaired) electrons. The topological polar surface area (TPSA) is 76.9 Å². The summed E-state index contributed by atoms with van der Waals surface area (Å²) in [4.78, 5) is 4.68. The molecule has 4 rings (SSSR count). The molecule has 7 heteroatoms. The number of hydrogen-bond acceptors (Lipinski definition) is 5. The highest BCUT2D eigenvalue weighted by Crippen LogP contribution is 2.42. The van der Waals surface area contributed by atoms with E-state index in [1.165, 1.54) is 0 Å². The molecule has 2 aliphatic rings. The van der Waals surface area contributed by atoms with E-state index in [1.54, 1.807) is 4.68 Å². The second-order valence-electron chi connectivity index (χ2n) is 6.40. The van der Waals surface area contributed by atoms with Crippen molar-refractivity contribution in [1.29, 1.82) is 0 Å². The van der Waals surface area contributed by atoms with Gasteiger partial charge in [0.2, 0.25) is 0 Å². The van der Waals surface area contributed by atoms with Crippen molar-refractivity contribution < 1.29 is 8.42 Å². The van der Waals surface area contributed by atoms with E-state index >= 15 is 0 Å². The molecule has 2 aromatic rings. The molecule has 0 aliphatic carbocycles. The zero-order valence-electron chi connectivity index (χ0n) is 12.6. The number of rotatable bonds is 1. The molecule has 0 saturated carbocycles. The zero-order valence-corrected chi connectivity index (χ0v) is 13.4. The van der Waals surface area contributed by atoms with Crippen molar-refractivity contribution >= 4 is 15.5 Å². The number of benzene rings is 1. The molecular weight excluding hydrogens is 300 g/mol. The van der Waals surface area contributed by atoms with Gasteiger partial charge in [0.15, 0.2) is 21.5 Å². The van der Waals surface area contributed by atoms with Crippen molar-refractivity contribution in [3.8, 4) is 11.4 Å². The molecule has 1 atom stereocenters. The van der Waals surface area contributed by atoms with Gasteiger partial charge in [-0.25, -0.2) is 18.1 Å². The van der Waals surface area contributed by atoms with Gasteiger partial charge >= 0.3 is 0 Å². The summed E-state index contributed by atoms with van der Waals surface area (Å²) in [6.07, 6.45) is 0.511. The number of hydrogen-bond donors (Lipinski definition) is 1. The van der Waals surface area contributed by atoms with Crippen LogP contribution in [0, 0.1) is 0 Å². The van der Waals surface area contributed by atoms with Crippen LogP contribution in [0.1, 0.15) is 32.0 Å². The maximum atomic E-state index is 12.1. The van der Waals surface area contributed by atoms with E-state index in [1.807, 2.05) is 38.1 Å². The molecule has 116 valence electrons. The predicted molar refractivity (Wildman–Crippen MR) is 84.4 cm³/mol. The van der Waals surface area contributed by atoms with E-state index in [-0.39, 0.29) is 17.4 Å². The number of aromatic nitrogens is 3. The molecule has 1 unspecified atom stereocenters. The van der Waals surface area contributed by atoms with Crippen molar-refractivity contribution in [2.75, 3.05) is 16.8 Å². The maximum absolute atomic E-state index is 12.1. The fourth-order valence-electron chi connectivity index (χ4n) is 3.23. The number of para-hydroxylation sites is 1. The lowest BCUT2D eigenvalue weighted by molar-refractivity contribution is 0.338. The summed E-state index contributed by atoms with van der Waals surface area (Å²) in [5.41, 5.74) is 1.19. The first-order valence-corrected chi connectivity index (χ1v) is 9.28. The summed E-state index contributed by atoms with van der Waals surface area (Å²) >= 11 is 0. The van der Waals surface area contributed by atoms with Crippen LogP contribution in [0.25, 0.3) is 11.4 Å². The molecule has 6 nitrogen and oxygen atoms in total. The minimum atomic E-state index is -3.06. The van der Waals surface area contributed by atoms with Crippen LogP contribution in [0.15, 0.2) is 24.3 Å². The molecule has 1 fully saturated rings. The summed E-state index contributed by atoms with van der Waals surface area (Å²) in [5.74, 6) is 1.94. The monoisotopic (exact) mass is 318 g/mol. The Hall–Kier alpha value is -1.89. The third-order valence-corrected chi connectivity index (χ3v) is 6.11. The predicted octanol–water partition coefficient (Wildman–Crippen LogP) is 1.97. The van der Waals surface area contributed by atoms with E-state index in [4.69, 9.17) is 0 Å². The first kappa shape index (κ1) is 13.8. The van der Waals surface area contributed by atoms with Crippen LogP contribution in [0.4, 0.5) is 5.69 Å². The van der Waals surface area contributed by atoms with E-state index in [0.717, 1.165) is 22.9 Å². The number of nitrogens with zero attached hydrogens (tertiary/aromatic N) is 3. The van der Waals surface area contributed by atoms with Gasteiger partial charge < -0.3 is 5.32 Å².